The van der Waals surface area contributed by atoms with E-state index >= 15 is 0 Å². The number of nitrogens with zero attached hydrogens (tertiary/aromatic N) is 1. The second-order valence-electron chi connectivity index (χ2n) is 16.3. The summed E-state index contributed by atoms with van der Waals surface area (Å²) in [5.41, 5.74) is 0. The summed E-state index contributed by atoms with van der Waals surface area (Å²) in [6, 6.07) is -0.626. The van der Waals surface area contributed by atoms with Crippen LogP contribution in [0.3, 0.4) is 0 Å². The van der Waals surface area contributed by atoms with Gasteiger partial charge < -0.3 is 23.8 Å². The van der Waals surface area contributed by atoms with Crippen LogP contribution in [0.4, 0.5) is 0 Å². The monoisotopic (exact) mass is 837 g/mol. The number of carboxylic acid groups (broad SMARTS) is 1. The summed E-state index contributed by atoms with van der Waals surface area (Å²) in [6.07, 6.45) is 56.0. The summed E-state index contributed by atoms with van der Waals surface area (Å²) in [6.45, 7) is 4.44. The maximum absolute atomic E-state index is 12.8. The second kappa shape index (κ2) is 42.0. The quantitative estimate of drug-likeness (QED) is 0.0216. The van der Waals surface area contributed by atoms with Crippen LogP contribution in [-0.2, 0) is 28.6 Å². The fraction of sp³-hybridized carbons (Fsp3) is 0.635. The van der Waals surface area contributed by atoms with Crippen LogP contribution in [-0.4, -0.2) is 80.6 Å². The van der Waals surface area contributed by atoms with Crippen LogP contribution in [0.5, 0.6) is 0 Å². The number of likely N-dealkylation sites (N-methyl/N-ethyl adjacent to an activating group) is 1. The van der Waals surface area contributed by atoms with Crippen molar-refractivity contribution < 1.29 is 38.2 Å². The van der Waals surface area contributed by atoms with Gasteiger partial charge in [0.05, 0.1) is 34.4 Å². The van der Waals surface area contributed by atoms with Crippen molar-refractivity contribution in [1.29, 1.82) is 0 Å². The van der Waals surface area contributed by atoms with Crippen LogP contribution in [0.1, 0.15) is 162 Å². The molecule has 0 aromatic carbocycles. The molecule has 0 amide bonds. The number of allylic oxidation sites excluding steroid dienone is 16. The molecule has 0 aliphatic heterocycles. The van der Waals surface area contributed by atoms with Gasteiger partial charge >= 0.3 is 17.9 Å². The Kier molecular flexibility index (Phi) is 39.3. The molecular weight excluding hydrogens is 751 g/mol. The predicted octanol–water partition coefficient (Wildman–Crippen LogP) is 13.1. The first-order valence-corrected chi connectivity index (χ1v) is 23.3. The molecule has 340 valence electrons. The van der Waals surface area contributed by atoms with Crippen LogP contribution in [0, 0.1) is 0 Å². The molecule has 0 aliphatic carbocycles. The Balaban J connectivity index is 4.34. The third-order valence-corrected chi connectivity index (χ3v) is 9.79. The normalized spacial score (nSPS) is 13.8. The number of quaternary nitrogens is 1. The van der Waals surface area contributed by atoms with Crippen molar-refractivity contribution in [2.75, 3.05) is 41.0 Å². The van der Waals surface area contributed by atoms with E-state index in [0.717, 1.165) is 109 Å². The molecule has 0 saturated heterocycles. The van der Waals surface area contributed by atoms with E-state index in [1.165, 1.54) is 19.3 Å². The third-order valence-electron chi connectivity index (χ3n) is 9.79. The van der Waals surface area contributed by atoms with Crippen molar-refractivity contribution in [3.05, 3.63) is 97.2 Å². The van der Waals surface area contributed by atoms with E-state index in [1.54, 1.807) is 0 Å². The Labute approximate surface area is 366 Å². The van der Waals surface area contributed by atoms with Gasteiger partial charge in [0.15, 0.2) is 12.1 Å². The standard InChI is InChI=1S/C52H85NO7/c1-6-8-10-12-14-16-18-20-21-22-23-24-25-26-27-28-29-31-33-35-37-39-41-43-51(55)60-48(46-58-45-44-49(52(56)57)53(3,4)5)47-59-50(54)42-40-38-36-34-32-30-19-17-15-13-11-9-7-2/h8-11,13-17,19-21,23-24,26-27,48-49H,6-7,12,18,22,25,28-47H2,1-5H3/p+1/b10-8+,11-9+,15-13+,16-14+,19-17+,21-20+,24-23+,27-26+. The van der Waals surface area contributed by atoms with Crippen molar-refractivity contribution in [3.63, 3.8) is 0 Å². The number of hydrogen-bond donors (Lipinski definition) is 1. The number of esters is 2. The van der Waals surface area contributed by atoms with Gasteiger partial charge in [0.25, 0.3) is 0 Å². The van der Waals surface area contributed by atoms with E-state index in [-0.39, 0.29) is 36.2 Å². The molecule has 8 heteroatoms. The maximum Gasteiger partial charge on any atom is 0.362 e. The first kappa shape index (κ1) is 56.2. The number of hydrogen-bond acceptors (Lipinski definition) is 6. The van der Waals surface area contributed by atoms with Gasteiger partial charge in [-0.3, -0.25) is 9.59 Å². The third kappa shape index (κ3) is 39.7. The van der Waals surface area contributed by atoms with Crippen LogP contribution in [0.25, 0.3) is 0 Å². The molecule has 2 unspecified atom stereocenters. The lowest BCUT2D eigenvalue weighted by atomic mass is 10.1. The average molecular weight is 837 g/mol. The minimum atomic E-state index is -0.885. The maximum atomic E-state index is 12.8. The fourth-order valence-electron chi connectivity index (χ4n) is 6.23. The SMILES string of the molecule is CC/C=C/C=C/C=C/CCCCCCCC(=O)OCC(COCCC(C(=O)O)[N+](C)(C)C)OC(=O)CCCCCCCCC/C=C/C/C=C/C/C=C/C/C=C/C/C=C/CC. The number of ether oxygens (including phenoxy) is 3. The molecule has 0 aromatic rings. The zero-order chi connectivity index (χ0) is 44.2. The van der Waals surface area contributed by atoms with E-state index in [4.69, 9.17) is 14.2 Å². The van der Waals surface area contributed by atoms with Crippen molar-refractivity contribution in [1.82, 2.24) is 0 Å². The van der Waals surface area contributed by atoms with E-state index in [9.17, 15) is 19.5 Å². The Bertz CT molecular complexity index is 1300. The van der Waals surface area contributed by atoms with Gasteiger partial charge in [-0.15, -0.1) is 0 Å². The van der Waals surface area contributed by atoms with Gasteiger partial charge in [-0.1, -0.05) is 162 Å². The number of rotatable bonds is 40. The molecular formula is C52H86NO7+. The zero-order valence-electron chi connectivity index (χ0n) is 38.6. The zero-order valence-corrected chi connectivity index (χ0v) is 38.6. The van der Waals surface area contributed by atoms with Crippen LogP contribution >= 0.6 is 0 Å². The van der Waals surface area contributed by atoms with Gasteiger partial charge in [-0.2, -0.15) is 0 Å². The number of carboxylic acids is 1. The van der Waals surface area contributed by atoms with Crippen LogP contribution in [0.15, 0.2) is 97.2 Å². The first-order valence-electron chi connectivity index (χ1n) is 23.3. The van der Waals surface area contributed by atoms with Gasteiger partial charge in [-0.05, 0) is 77.0 Å². The van der Waals surface area contributed by atoms with Gasteiger partial charge in [0, 0.05) is 19.3 Å². The summed E-state index contributed by atoms with van der Waals surface area (Å²) in [4.78, 5) is 37.0. The minimum absolute atomic E-state index is 0.0435. The fourth-order valence-corrected chi connectivity index (χ4v) is 6.23. The highest BCUT2D eigenvalue weighted by Gasteiger charge is 2.31. The van der Waals surface area contributed by atoms with Crippen LogP contribution < -0.4 is 0 Å². The number of carbonyl (C=O) groups is 3. The largest absolute Gasteiger partial charge is 0.477 e. The highest BCUT2D eigenvalue weighted by atomic mass is 16.6. The Morgan fingerprint density at radius 1 is 0.517 bits per heavy atom. The molecule has 0 rings (SSSR count). The minimum Gasteiger partial charge on any atom is -0.477 e. The highest BCUT2D eigenvalue weighted by molar-refractivity contribution is 5.72. The summed E-state index contributed by atoms with van der Waals surface area (Å²) in [5.74, 6) is -1.52. The molecule has 0 spiro atoms. The molecule has 0 heterocycles. The number of aliphatic carboxylic acids is 1. The van der Waals surface area contributed by atoms with Crippen molar-refractivity contribution in [2.45, 2.75) is 174 Å². The molecule has 0 aliphatic rings. The number of carbonyl (C=O) groups excluding carboxylic acids is 2. The smallest absolute Gasteiger partial charge is 0.362 e. The number of unbranched alkanes of at least 4 members (excludes halogenated alkanes) is 12. The molecule has 2 atom stereocenters. The molecule has 0 aromatic heterocycles. The predicted molar refractivity (Wildman–Crippen MR) is 252 cm³/mol. The molecule has 0 fully saturated rings. The lowest BCUT2D eigenvalue weighted by molar-refractivity contribution is -0.887. The Hall–Kier alpha value is -3.75. The van der Waals surface area contributed by atoms with E-state index < -0.39 is 18.1 Å². The van der Waals surface area contributed by atoms with Crippen LogP contribution in [0.2, 0.25) is 0 Å². The highest BCUT2D eigenvalue weighted by Crippen LogP contribution is 2.13. The van der Waals surface area contributed by atoms with E-state index in [1.807, 2.05) is 27.2 Å². The lowest BCUT2D eigenvalue weighted by Crippen LogP contribution is -2.50. The molecule has 0 bridgehead atoms. The molecule has 0 radical (unpaired) electrons. The van der Waals surface area contributed by atoms with Crippen molar-refractivity contribution >= 4 is 17.9 Å². The van der Waals surface area contributed by atoms with E-state index in [2.05, 4.69) is 105 Å². The first-order chi connectivity index (χ1) is 29.1. The average Bonchev–Trinajstić information content (AvgIpc) is 3.21. The molecule has 1 N–H and O–H groups in total. The Morgan fingerprint density at radius 2 is 0.967 bits per heavy atom. The summed E-state index contributed by atoms with van der Waals surface area (Å²) in [5, 5.41) is 9.63. The molecule has 0 saturated carbocycles. The molecule has 8 nitrogen and oxygen atoms in total. The summed E-state index contributed by atoms with van der Waals surface area (Å²) in [7, 11) is 5.51. The van der Waals surface area contributed by atoms with Gasteiger partial charge in [-0.25, -0.2) is 4.79 Å². The van der Waals surface area contributed by atoms with E-state index in [0.29, 0.717) is 19.3 Å². The van der Waals surface area contributed by atoms with Gasteiger partial charge in [0.1, 0.15) is 6.61 Å². The summed E-state index contributed by atoms with van der Waals surface area (Å²) >= 11 is 0. The lowest BCUT2D eigenvalue weighted by Gasteiger charge is -2.31. The summed E-state index contributed by atoms with van der Waals surface area (Å²) < 4.78 is 17.3. The molecule has 60 heavy (non-hydrogen) atoms. The second-order valence-corrected chi connectivity index (χ2v) is 16.3. The Morgan fingerprint density at radius 3 is 1.48 bits per heavy atom. The van der Waals surface area contributed by atoms with Crippen molar-refractivity contribution in [3.8, 4) is 0 Å². The van der Waals surface area contributed by atoms with Crippen molar-refractivity contribution in [2.24, 2.45) is 0 Å². The van der Waals surface area contributed by atoms with Gasteiger partial charge in [0.2, 0.25) is 0 Å². The topological polar surface area (TPSA) is 99.1 Å².